The van der Waals surface area contributed by atoms with Crippen LogP contribution < -0.4 is 0 Å². The van der Waals surface area contributed by atoms with Crippen LogP contribution in [-0.4, -0.2) is 55.0 Å². The third kappa shape index (κ3) is 5.05. The van der Waals surface area contributed by atoms with Crippen LogP contribution in [0.5, 0.6) is 0 Å². The lowest BCUT2D eigenvalue weighted by Gasteiger charge is -2.38. The summed E-state index contributed by atoms with van der Waals surface area (Å²) in [5.41, 5.74) is -0.0406. The zero-order valence-corrected chi connectivity index (χ0v) is 27.1. The zero-order valence-electron chi connectivity index (χ0n) is 27.1. The van der Waals surface area contributed by atoms with Gasteiger partial charge >= 0.3 is 21.4 Å². The molecule has 3 fully saturated rings. The van der Waals surface area contributed by atoms with Crippen LogP contribution in [0.2, 0.25) is 5.11 Å². The summed E-state index contributed by atoms with van der Waals surface area (Å²) < 4.78 is 41.1. The first-order valence-electron chi connectivity index (χ1n) is 14.9. The zero-order chi connectivity index (χ0) is 30.3. The highest BCUT2D eigenvalue weighted by molar-refractivity contribution is 6.89. The van der Waals surface area contributed by atoms with Gasteiger partial charge in [0.1, 0.15) is 0 Å². The van der Waals surface area contributed by atoms with Crippen molar-refractivity contribution in [2.75, 3.05) is 0 Å². The Bertz CT molecular complexity index is 1120. The van der Waals surface area contributed by atoms with Gasteiger partial charge in [0.2, 0.25) is 0 Å². The number of hydrogen-bond acceptors (Lipinski definition) is 6. The highest BCUT2D eigenvalue weighted by Crippen LogP contribution is 2.57. The van der Waals surface area contributed by atoms with Crippen molar-refractivity contribution in [2.24, 2.45) is 0 Å². The van der Waals surface area contributed by atoms with Gasteiger partial charge in [-0.25, -0.2) is 0 Å². The summed E-state index contributed by atoms with van der Waals surface area (Å²) in [6, 6.07) is 19.1. The molecule has 6 nitrogen and oxygen atoms in total. The first kappa shape index (κ1) is 30.8. The number of hydrogen-bond donors (Lipinski definition) is 0. The van der Waals surface area contributed by atoms with E-state index in [2.05, 4.69) is 132 Å². The van der Waals surface area contributed by atoms with E-state index in [4.69, 9.17) is 27.9 Å². The van der Waals surface area contributed by atoms with Crippen molar-refractivity contribution in [3.05, 3.63) is 60.2 Å². The summed E-state index contributed by atoms with van der Waals surface area (Å²) in [7, 11) is -2.19. The van der Waals surface area contributed by atoms with Crippen LogP contribution in [-0.2, 0) is 34.3 Å². The standard InChI is InChI=1S/C32H47B3O6/c1-26(2)27(3,4)37-33(36-26)32(34-38-28(5,6)29(7,8)39-34,35-40-30(9,10)31(11,12)41-35)22-23-18-20-25(21-19-23)24-16-14-13-15-17-24/h13-21H,22H2,1-12H3. The normalized spacial score (nSPS) is 25.6. The van der Waals surface area contributed by atoms with Gasteiger partial charge in [0.25, 0.3) is 0 Å². The van der Waals surface area contributed by atoms with E-state index in [0.29, 0.717) is 6.42 Å². The molecule has 0 radical (unpaired) electrons. The highest BCUT2D eigenvalue weighted by Gasteiger charge is 2.77. The van der Waals surface area contributed by atoms with Crippen LogP contribution in [0.15, 0.2) is 54.6 Å². The quantitative estimate of drug-likeness (QED) is 0.355. The molecule has 2 aromatic carbocycles. The Kier molecular flexibility index (Phi) is 7.30. The number of benzene rings is 2. The fourth-order valence-electron chi connectivity index (χ4n) is 5.57. The molecule has 5 rings (SSSR count). The smallest absolute Gasteiger partial charge is 0.403 e. The summed E-state index contributed by atoms with van der Waals surface area (Å²) in [5.74, 6) is 0. The van der Waals surface area contributed by atoms with Crippen molar-refractivity contribution >= 4 is 21.4 Å². The molecule has 0 bridgehead atoms. The van der Waals surface area contributed by atoms with Gasteiger partial charge in [0.05, 0.1) is 38.7 Å². The first-order valence-corrected chi connectivity index (χ1v) is 14.9. The molecule has 0 N–H and O–H groups in total. The molecule has 0 aromatic heterocycles. The average molecular weight is 560 g/mol. The second-order valence-electron chi connectivity index (χ2n) is 15.1. The predicted octanol–water partition coefficient (Wildman–Crippen LogP) is 6.99. The molecule has 2 aromatic rings. The Morgan fingerprint density at radius 2 is 0.732 bits per heavy atom. The molecule has 3 aliphatic rings. The molecule has 0 unspecified atom stereocenters. The minimum atomic E-state index is -1.00. The monoisotopic (exact) mass is 560 g/mol. The Hall–Kier alpha value is -1.61. The highest BCUT2D eigenvalue weighted by atomic mass is 16.7. The molecule has 3 aliphatic heterocycles. The molecule has 0 aliphatic carbocycles. The SMILES string of the molecule is CC1(C)OB(C(Cc2ccc(-c3ccccc3)cc2)(B2OC(C)(C)C(C)(C)O2)B2OC(C)(C)C(C)(C)O2)OC1(C)C. The Morgan fingerprint density at radius 3 is 1.05 bits per heavy atom. The summed E-state index contributed by atoms with van der Waals surface area (Å²) >= 11 is 0. The number of rotatable bonds is 6. The largest absolute Gasteiger partial charge is 0.460 e. The summed E-state index contributed by atoms with van der Waals surface area (Å²) in [5, 5.41) is -1.00. The lowest BCUT2D eigenvalue weighted by Crippen LogP contribution is -2.59. The maximum Gasteiger partial charge on any atom is 0.460 e. The third-order valence-corrected chi connectivity index (χ3v) is 10.6. The maximum atomic E-state index is 6.85. The van der Waals surface area contributed by atoms with Crippen LogP contribution in [0.1, 0.15) is 88.6 Å². The molecule has 3 saturated heterocycles. The summed E-state index contributed by atoms with van der Waals surface area (Å²) in [4.78, 5) is 0. The van der Waals surface area contributed by atoms with Crippen LogP contribution in [0.25, 0.3) is 11.1 Å². The van der Waals surface area contributed by atoms with Crippen molar-refractivity contribution < 1.29 is 27.9 Å². The van der Waals surface area contributed by atoms with E-state index in [1.807, 2.05) is 6.07 Å². The topological polar surface area (TPSA) is 55.4 Å². The van der Waals surface area contributed by atoms with Crippen LogP contribution >= 0.6 is 0 Å². The molecule has 0 amide bonds. The van der Waals surface area contributed by atoms with Gasteiger partial charge in [0.15, 0.2) is 0 Å². The van der Waals surface area contributed by atoms with Crippen molar-refractivity contribution in [3.8, 4) is 11.1 Å². The van der Waals surface area contributed by atoms with Crippen LogP contribution in [0.4, 0.5) is 0 Å². The van der Waals surface area contributed by atoms with E-state index < -0.39 is 60.1 Å². The molecule has 0 saturated carbocycles. The first-order chi connectivity index (χ1) is 18.7. The lowest BCUT2D eigenvalue weighted by molar-refractivity contribution is 0.00578. The molecule has 9 heteroatoms. The maximum absolute atomic E-state index is 6.85. The Labute approximate surface area is 248 Å². The van der Waals surface area contributed by atoms with Crippen LogP contribution in [0.3, 0.4) is 0 Å². The van der Waals surface area contributed by atoms with Gasteiger partial charge < -0.3 is 27.9 Å². The van der Waals surface area contributed by atoms with Gasteiger partial charge in [-0.05, 0) is 106 Å². The molecule has 41 heavy (non-hydrogen) atoms. The molecule has 220 valence electrons. The van der Waals surface area contributed by atoms with Gasteiger partial charge in [-0.2, -0.15) is 0 Å². The summed E-state index contributed by atoms with van der Waals surface area (Å²) in [6.45, 7) is 24.8. The second-order valence-corrected chi connectivity index (χ2v) is 15.1. The fourth-order valence-corrected chi connectivity index (χ4v) is 5.57. The lowest BCUT2D eigenvalue weighted by atomic mass is 9.23. The summed E-state index contributed by atoms with van der Waals surface area (Å²) in [6.07, 6.45) is 0.493. The van der Waals surface area contributed by atoms with Gasteiger partial charge in [-0.1, -0.05) is 54.6 Å². The minimum absolute atomic E-state index is 0.493. The predicted molar refractivity (Wildman–Crippen MR) is 167 cm³/mol. The van der Waals surface area contributed by atoms with E-state index in [9.17, 15) is 0 Å². The Morgan fingerprint density at radius 1 is 0.439 bits per heavy atom. The van der Waals surface area contributed by atoms with E-state index in [0.717, 1.165) is 11.1 Å². The molecular formula is C32H47B3O6. The minimum Gasteiger partial charge on any atom is -0.403 e. The van der Waals surface area contributed by atoms with E-state index >= 15 is 0 Å². The van der Waals surface area contributed by atoms with Crippen molar-refractivity contribution in [1.82, 2.24) is 0 Å². The molecule has 0 spiro atoms. The molecule has 0 atom stereocenters. The second kappa shape index (κ2) is 9.70. The van der Waals surface area contributed by atoms with Gasteiger partial charge in [-0.15, -0.1) is 0 Å². The van der Waals surface area contributed by atoms with Gasteiger partial charge in [0, 0.05) is 0 Å². The Balaban J connectivity index is 1.65. The van der Waals surface area contributed by atoms with Crippen LogP contribution in [0, 0.1) is 0 Å². The van der Waals surface area contributed by atoms with Crippen molar-refractivity contribution in [3.63, 3.8) is 0 Å². The van der Waals surface area contributed by atoms with E-state index in [1.54, 1.807) is 0 Å². The third-order valence-electron chi connectivity index (χ3n) is 10.6. The fraction of sp³-hybridized carbons (Fsp3) is 0.625. The van der Waals surface area contributed by atoms with E-state index in [-0.39, 0.29) is 0 Å². The molecule has 3 heterocycles. The average Bonchev–Trinajstić information content (AvgIpc) is 3.32. The van der Waals surface area contributed by atoms with Crippen molar-refractivity contribution in [2.45, 2.75) is 128 Å². The molecular weight excluding hydrogens is 513 g/mol. The van der Waals surface area contributed by atoms with E-state index in [1.165, 1.54) is 5.56 Å². The van der Waals surface area contributed by atoms with Gasteiger partial charge in [-0.3, -0.25) is 0 Å². The van der Waals surface area contributed by atoms with Crippen molar-refractivity contribution in [1.29, 1.82) is 0 Å².